The third-order valence-electron chi connectivity index (χ3n) is 6.51. The molecular weight excluding hydrogens is 497 g/mol. The first-order chi connectivity index (χ1) is 18.2. The van der Waals surface area contributed by atoms with E-state index in [-0.39, 0.29) is 24.4 Å². The largest absolute Gasteiger partial charge is 0.484 e. The van der Waals surface area contributed by atoms with Crippen molar-refractivity contribution in [2.24, 2.45) is 0 Å². The van der Waals surface area contributed by atoms with E-state index in [1.807, 2.05) is 23.1 Å². The monoisotopic (exact) mass is 528 g/mol. The molecule has 0 unspecified atom stereocenters. The first-order valence-corrected chi connectivity index (χ1v) is 12.4. The van der Waals surface area contributed by atoms with E-state index in [1.54, 1.807) is 31.5 Å². The van der Waals surface area contributed by atoms with Gasteiger partial charge < -0.3 is 19.7 Å². The molecule has 2 aromatic carbocycles. The van der Waals surface area contributed by atoms with Gasteiger partial charge in [-0.15, -0.1) is 0 Å². The number of carbonyl (C=O) groups excluding carboxylic acids is 1. The molecule has 3 aromatic rings. The van der Waals surface area contributed by atoms with Gasteiger partial charge in [0.25, 0.3) is 5.91 Å². The van der Waals surface area contributed by atoms with E-state index in [0.29, 0.717) is 11.6 Å². The van der Waals surface area contributed by atoms with Crippen molar-refractivity contribution in [1.82, 2.24) is 14.8 Å². The number of ether oxygens (including phenoxy) is 2. The normalized spacial score (nSPS) is 14.8. The molecule has 38 heavy (non-hydrogen) atoms. The Kier molecular flexibility index (Phi) is 8.85. The van der Waals surface area contributed by atoms with Crippen LogP contribution in [0.4, 0.5) is 18.9 Å². The number of alkyl halides is 3. The number of methoxy groups -OCH3 is 1. The number of aromatic nitrogens is 1. The van der Waals surface area contributed by atoms with E-state index in [1.165, 1.54) is 12.1 Å². The van der Waals surface area contributed by atoms with Crippen molar-refractivity contribution in [2.45, 2.75) is 19.6 Å². The smallest absolute Gasteiger partial charge is 0.416 e. The number of hydrogen-bond acceptors (Lipinski definition) is 6. The number of carbonyl (C=O) groups is 1. The third-order valence-corrected chi connectivity index (χ3v) is 6.51. The molecule has 0 spiro atoms. The second kappa shape index (κ2) is 12.3. The van der Waals surface area contributed by atoms with Crippen LogP contribution < -0.4 is 14.8 Å². The van der Waals surface area contributed by atoms with E-state index in [0.717, 1.165) is 49.9 Å². The summed E-state index contributed by atoms with van der Waals surface area (Å²) in [5, 5.41) is 2.51. The fourth-order valence-corrected chi connectivity index (χ4v) is 4.32. The summed E-state index contributed by atoms with van der Waals surface area (Å²) < 4.78 is 52.1. The molecule has 1 fully saturated rings. The summed E-state index contributed by atoms with van der Waals surface area (Å²) >= 11 is 0. The summed E-state index contributed by atoms with van der Waals surface area (Å²) in [5.74, 6) is 0.423. The van der Waals surface area contributed by atoms with Crippen LogP contribution in [-0.4, -0.2) is 67.1 Å². The lowest BCUT2D eigenvalue weighted by Gasteiger charge is -2.34. The van der Waals surface area contributed by atoms with E-state index in [4.69, 9.17) is 9.47 Å². The molecule has 7 nitrogen and oxygen atoms in total. The van der Waals surface area contributed by atoms with Gasteiger partial charge in [-0.1, -0.05) is 25.1 Å². The van der Waals surface area contributed by atoms with Crippen molar-refractivity contribution < 1.29 is 27.4 Å². The molecular formula is C28H31F3N4O3. The molecule has 2 heterocycles. The van der Waals surface area contributed by atoms with Crippen molar-refractivity contribution in [3.05, 3.63) is 71.9 Å². The molecule has 1 aliphatic rings. The summed E-state index contributed by atoms with van der Waals surface area (Å²) in [6.45, 7) is 6.01. The lowest BCUT2D eigenvalue weighted by Crippen LogP contribution is -2.45. The van der Waals surface area contributed by atoms with E-state index in [2.05, 4.69) is 22.1 Å². The number of pyridine rings is 1. The highest BCUT2D eigenvalue weighted by Gasteiger charge is 2.34. The van der Waals surface area contributed by atoms with Crippen LogP contribution >= 0.6 is 0 Å². The van der Waals surface area contributed by atoms with Crippen LogP contribution in [0.2, 0.25) is 0 Å². The summed E-state index contributed by atoms with van der Waals surface area (Å²) in [6.07, 6.45) is -2.84. The Morgan fingerprint density at radius 1 is 0.974 bits per heavy atom. The van der Waals surface area contributed by atoms with Gasteiger partial charge in [0.2, 0.25) is 5.88 Å². The zero-order chi connectivity index (χ0) is 27.1. The number of piperazine rings is 1. The van der Waals surface area contributed by atoms with Crippen molar-refractivity contribution >= 4 is 11.6 Å². The highest BCUT2D eigenvalue weighted by atomic mass is 19.4. The number of hydrogen-bond donors (Lipinski definition) is 1. The number of anilines is 1. The van der Waals surface area contributed by atoms with Crippen molar-refractivity contribution in [1.29, 1.82) is 0 Å². The highest BCUT2D eigenvalue weighted by molar-refractivity contribution is 5.92. The molecule has 4 rings (SSSR count). The van der Waals surface area contributed by atoms with Crippen LogP contribution in [-0.2, 0) is 17.5 Å². The Balaban J connectivity index is 1.34. The average molecular weight is 529 g/mol. The van der Waals surface area contributed by atoms with Crippen LogP contribution in [0, 0.1) is 0 Å². The SMILES string of the molecule is CCN1CCN(Cc2ccc(NC(=O)COc3ccc(-c4ccc(OC)nc4)cc3)cc2C(F)(F)F)CC1. The van der Waals surface area contributed by atoms with E-state index < -0.39 is 17.6 Å². The minimum atomic E-state index is -4.53. The zero-order valence-corrected chi connectivity index (χ0v) is 21.4. The number of benzene rings is 2. The standard InChI is InChI=1S/C28H31F3N4O3/c1-3-34-12-14-35(15-13-34)18-22-4-8-23(16-25(22)28(29,30)31)33-26(36)19-38-24-9-5-20(6-10-24)21-7-11-27(37-2)32-17-21/h4-11,16-17H,3,12-15,18-19H2,1-2H3,(H,33,36). The molecule has 0 aliphatic carbocycles. The number of amides is 1. The zero-order valence-electron chi connectivity index (χ0n) is 21.4. The van der Waals surface area contributed by atoms with Gasteiger partial charge in [0.05, 0.1) is 12.7 Å². The van der Waals surface area contributed by atoms with E-state index in [9.17, 15) is 18.0 Å². The molecule has 202 valence electrons. The maximum absolute atomic E-state index is 13.8. The summed E-state index contributed by atoms with van der Waals surface area (Å²) in [5.41, 5.74) is 1.33. The molecule has 1 amide bonds. The lowest BCUT2D eigenvalue weighted by molar-refractivity contribution is -0.138. The van der Waals surface area contributed by atoms with Crippen LogP contribution in [0.3, 0.4) is 0 Å². The van der Waals surface area contributed by atoms with Gasteiger partial charge in [-0.3, -0.25) is 9.69 Å². The van der Waals surface area contributed by atoms with Crippen molar-refractivity contribution in [3.63, 3.8) is 0 Å². The van der Waals surface area contributed by atoms with Gasteiger partial charge in [0, 0.05) is 56.2 Å². The topological polar surface area (TPSA) is 66.9 Å². The quantitative estimate of drug-likeness (QED) is 0.425. The molecule has 0 bridgehead atoms. The number of rotatable bonds is 9. The molecule has 1 aliphatic heterocycles. The first kappa shape index (κ1) is 27.4. The molecule has 10 heteroatoms. The number of nitrogens with zero attached hydrogens (tertiary/aromatic N) is 3. The molecule has 0 saturated carbocycles. The fourth-order valence-electron chi connectivity index (χ4n) is 4.32. The van der Waals surface area contributed by atoms with Gasteiger partial charge in [-0.25, -0.2) is 4.98 Å². The Morgan fingerprint density at radius 2 is 1.66 bits per heavy atom. The Morgan fingerprint density at radius 3 is 2.26 bits per heavy atom. The minimum Gasteiger partial charge on any atom is -0.484 e. The second-order valence-electron chi connectivity index (χ2n) is 9.03. The number of likely N-dealkylation sites (N-methyl/N-ethyl adjacent to an activating group) is 1. The maximum atomic E-state index is 13.8. The van der Waals surface area contributed by atoms with Gasteiger partial charge >= 0.3 is 6.18 Å². The third kappa shape index (κ3) is 7.23. The first-order valence-electron chi connectivity index (χ1n) is 12.4. The second-order valence-corrected chi connectivity index (χ2v) is 9.03. The summed E-state index contributed by atoms with van der Waals surface area (Å²) in [6, 6.07) is 14.7. The minimum absolute atomic E-state index is 0.0767. The van der Waals surface area contributed by atoms with Crippen LogP contribution in [0.1, 0.15) is 18.1 Å². The van der Waals surface area contributed by atoms with Crippen molar-refractivity contribution in [2.75, 3.05) is 51.8 Å². The van der Waals surface area contributed by atoms with Gasteiger partial charge in [0.1, 0.15) is 5.75 Å². The maximum Gasteiger partial charge on any atom is 0.416 e. The van der Waals surface area contributed by atoms with Crippen molar-refractivity contribution in [3.8, 4) is 22.8 Å². The molecule has 0 radical (unpaired) electrons. The van der Waals surface area contributed by atoms with Gasteiger partial charge in [0.15, 0.2) is 6.61 Å². The Labute approximate surface area is 220 Å². The van der Waals surface area contributed by atoms with Crippen LogP contribution in [0.5, 0.6) is 11.6 Å². The summed E-state index contributed by atoms with van der Waals surface area (Å²) in [7, 11) is 1.55. The highest BCUT2D eigenvalue weighted by Crippen LogP contribution is 2.34. The lowest BCUT2D eigenvalue weighted by atomic mass is 10.0. The molecule has 1 aromatic heterocycles. The van der Waals surface area contributed by atoms with Gasteiger partial charge in [-0.05, 0) is 48.0 Å². The summed E-state index contributed by atoms with van der Waals surface area (Å²) in [4.78, 5) is 20.9. The predicted molar refractivity (Wildman–Crippen MR) is 139 cm³/mol. The molecule has 1 N–H and O–H groups in total. The number of nitrogens with one attached hydrogen (secondary N) is 1. The van der Waals surface area contributed by atoms with Crippen LogP contribution in [0.15, 0.2) is 60.8 Å². The van der Waals surface area contributed by atoms with Crippen LogP contribution in [0.25, 0.3) is 11.1 Å². The number of halogens is 3. The Hall–Kier alpha value is -3.63. The molecule has 0 atom stereocenters. The fraction of sp³-hybridized carbons (Fsp3) is 0.357. The van der Waals surface area contributed by atoms with Gasteiger partial charge in [-0.2, -0.15) is 13.2 Å². The average Bonchev–Trinajstić information content (AvgIpc) is 2.93. The molecule has 1 saturated heterocycles. The predicted octanol–water partition coefficient (Wildman–Crippen LogP) is 4.93. The van der Waals surface area contributed by atoms with E-state index >= 15 is 0 Å². The Bertz CT molecular complexity index is 1210.